The molecule has 1 N–H and O–H groups in total. The molecule has 0 aliphatic carbocycles. The van der Waals surface area contributed by atoms with Gasteiger partial charge in [0.2, 0.25) is 10.0 Å². The van der Waals surface area contributed by atoms with Crippen LogP contribution in [0.5, 0.6) is 5.75 Å². The molecule has 4 nitrogen and oxygen atoms in total. The van der Waals surface area contributed by atoms with E-state index in [1.807, 2.05) is 18.2 Å². The summed E-state index contributed by atoms with van der Waals surface area (Å²) in [7, 11) is -3.53. The summed E-state index contributed by atoms with van der Waals surface area (Å²) in [6.45, 7) is 0.938. The maximum atomic E-state index is 12.2. The number of ether oxygens (including phenoxy) is 1. The van der Waals surface area contributed by atoms with Crippen LogP contribution in [-0.2, 0) is 23.0 Å². The molecular weight excluding hydrogens is 310 g/mol. The standard InChI is InChI=1S/C15H14ClNO3S/c16-13-2-4-14(5-3-13)21(18,19)17-10-11-1-6-15-12(9-11)7-8-20-15/h1-6,9,17H,7-8,10H2. The highest BCUT2D eigenvalue weighted by Crippen LogP contribution is 2.26. The first-order valence-electron chi connectivity index (χ1n) is 6.54. The van der Waals surface area contributed by atoms with Crippen LogP contribution < -0.4 is 9.46 Å². The Morgan fingerprint density at radius 2 is 1.90 bits per heavy atom. The number of sulfonamides is 1. The van der Waals surface area contributed by atoms with Crippen LogP contribution in [0.4, 0.5) is 0 Å². The van der Waals surface area contributed by atoms with E-state index in [0.29, 0.717) is 11.6 Å². The van der Waals surface area contributed by atoms with Crippen molar-refractivity contribution in [1.29, 1.82) is 0 Å². The summed E-state index contributed by atoms with van der Waals surface area (Å²) < 4.78 is 32.4. The van der Waals surface area contributed by atoms with E-state index in [1.165, 1.54) is 12.1 Å². The lowest BCUT2D eigenvalue weighted by molar-refractivity contribution is 0.357. The molecule has 2 aromatic carbocycles. The maximum Gasteiger partial charge on any atom is 0.240 e. The minimum atomic E-state index is -3.53. The number of benzene rings is 2. The van der Waals surface area contributed by atoms with E-state index in [0.717, 1.165) is 23.3 Å². The van der Waals surface area contributed by atoms with Gasteiger partial charge in [-0.15, -0.1) is 0 Å². The molecule has 0 fully saturated rings. The summed E-state index contributed by atoms with van der Waals surface area (Å²) in [5.41, 5.74) is 2.04. The highest BCUT2D eigenvalue weighted by atomic mass is 35.5. The third kappa shape index (κ3) is 3.20. The van der Waals surface area contributed by atoms with Gasteiger partial charge in [0.1, 0.15) is 5.75 Å². The molecule has 0 saturated carbocycles. The van der Waals surface area contributed by atoms with Crippen molar-refractivity contribution >= 4 is 21.6 Å². The average molecular weight is 324 g/mol. The highest BCUT2D eigenvalue weighted by molar-refractivity contribution is 7.89. The van der Waals surface area contributed by atoms with Gasteiger partial charge < -0.3 is 4.74 Å². The summed E-state index contributed by atoms with van der Waals surface area (Å²) in [6.07, 6.45) is 0.868. The van der Waals surface area contributed by atoms with E-state index in [-0.39, 0.29) is 11.4 Å². The lowest BCUT2D eigenvalue weighted by atomic mass is 10.1. The SMILES string of the molecule is O=S(=O)(NCc1ccc2c(c1)CCO2)c1ccc(Cl)cc1. The quantitative estimate of drug-likeness (QED) is 0.941. The van der Waals surface area contributed by atoms with Crippen LogP contribution in [0.15, 0.2) is 47.4 Å². The van der Waals surface area contributed by atoms with E-state index in [9.17, 15) is 8.42 Å². The molecule has 0 bridgehead atoms. The van der Waals surface area contributed by atoms with Crippen LogP contribution in [-0.4, -0.2) is 15.0 Å². The fourth-order valence-electron chi connectivity index (χ4n) is 2.23. The number of hydrogen-bond donors (Lipinski definition) is 1. The molecule has 1 aliphatic heterocycles. The third-order valence-electron chi connectivity index (χ3n) is 3.34. The zero-order valence-electron chi connectivity index (χ0n) is 11.2. The minimum Gasteiger partial charge on any atom is -0.493 e. The smallest absolute Gasteiger partial charge is 0.240 e. The zero-order valence-corrected chi connectivity index (χ0v) is 12.7. The summed E-state index contributed by atoms with van der Waals surface area (Å²) >= 11 is 5.76. The van der Waals surface area contributed by atoms with Crippen molar-refractivity contribution in [2.75, 3.05) is 6.61 Å². The predicted molar refractivity (Wildman–Crippen MR) is 81.1 cm³/mol. The van der Waals surface area contributed by atoms with Gasteiger partial charge in [-0.1, -0.05) is 23.7 Å². The normalized spacial score (nSPS) is 13.8. The van der Waals surface area contributed by atoms with Crippen molar-refractivity contribution in [3.63, 3.8) is 0 Å². The van der Waals surface area contributed by atoms with Gasteiger partial charge in [-0.2, -0.15) is 0 Å². The molecule has 1 aliphatic rings. The largest absolute Gasteiger partial charge is 0.493 e. The number of hydrogen-bond acceptors (Lipinski definition) is 3. The molecule has 6 heteroatoms. The van der Waals surface area contributed by atoms with E-state index < -0.39 is 10.0 Å². The minimum absolute atomic E-state index is 0.205. The van der Waals surface area contributed by atoms with E-state index >= 15 is 0 Å². The van der Waals surface area contributed by atoms with E-state index in [2.05, 4.69) is 4.72 Å². The number of rotatable bonds is 4. The molecule has 1 heterocycles. The second-order valence-electron chi connectivity index (χ2n) is 4.82. The predicted octanol–water partition coefficient (Wildman–Crippen LogP) is 2.75. The van der Waals surface area contributed by atoms with Gasteiger partial charge >= 0.3 is 0 Å². The van der Waals surface area contributed by atoms with Crippen molar-refractivity contribution in [1.82, 2.24) is 4.72 Å². The fraction of sp³-hybridized carbons (Fsp3) is 0.200. The first-order chi connectivity index (χ1) is 10.0. The summed E-state index contributed by atoms with van der Waals surface area (Å²) in [4.78, 5) is 0.205. The van der Waals surface area contributed by atoms with Crippen LogP contribution in [0.25, 0.3) is 0 Å². The van der Waals surface area contributed by atoms with Gasteiger partial charge in [0, 0.05) is 18.0 Å². The van der Waals surface area contributed by atoms with Gasteiger partial charge in [-0.25, -0.2) is 13.1 Å². The molecule has 0 saturated heterocycles. The highest BCUT2D eigenvalue weighted by Gasteiger charge is 2.15. The molecule has 21 heavy (non-hydrogen) atoms. The second-order valence-corrected chi connectivity index (χ2v) is 7.02. The second kappa shape index (κ2) is 5.67. The summed E-state index contributed by atoms with van der Waals surface area (Å²) in [6, 6.07) is 11.8. The number of fused-ring (bicyclic) bond motifs is 1. The van der Waals surface area contributed by atoms with Crippen LogP contribution in [0.1, 0.15) is 11.1 Å². The van der Waals surface area contributed by atoms with Crippen LogP contribution in [0.2, 0.25) is 5.02 Å². The van der Waals surface area contributed by atoms with Gasteiger partial charge in [-0.05, 0) is 41.5 Å². The summed E-state index contributed by atoms with van der Waals surface area (Å²) in [5.74, 6) is 0.888. The van der Waals surface area contributed by atoms with Gasteiger partial charge in [0.05, 0.1) is 11.5 Å². The summed E-state index contributed by atoms with van der Waals surface area (Å²) in [5, 5.41) is 0.507. The molecule has 0 spiro atoms. The van der Waals surface area contributed by atoms with Crippen LogP contribution >= 0.6 is 11.6 Å². The Kier molecular flexibility index (Phi) is 3.89. The number of nitrogens with one attached hydrogen (secondary N) is 1. The molecular formula is C15H14ClNO3S. The molecule has 0 aromatic heterocycles. The van der Waals surface area contributed by atoms with E-state index in [4.69, 9.17) is 16.3 Å². The lowest BCUT2D eigenvalue weighted by Crippen LogP contribution is -2.23. The zero-order chi connectivity index (χ0) is 14.9. The first kappa shape index (κ1) is 14.4. The average Bonchev–Trinajstić information content (AvgIpc) is 2.93. The molecule has 0 unspecified atom stereocenters. The monoisotopic (exact) mass is 323 g/mol. The Hall–Kier alpha value is -1.56. The lowest BCUT2D eigenvalue weighted by Gasteiger charge is -2.08. The maximum absolute atomic E-state index is 12.2. The van der Waals surface area contributed by atoms with Gasteiger partial charge in [-0.3, -0.25) is 0 Å². The van der Waals surface area contributed by atoms with Crippen molar-refractivity contribution < 1.29 is 13.2 Å². The van der Waals surface area contributed by atoms with Crippen molar-refractivity contribution in [3.8, 4) is 5.75 Å². The van der Waals surface area contributed by atoms with E-state index in [1.54, 1.807) is 12.1 Å². The van der Waals surface area contributed by atoms with Crippen molar-refractivity contribution in [2.24, 2.45) is 0 Å². The Morgan fingerprint density at radius 3 is 2.67 bits per heavy atom. The molecule has 2 aromatic rings. The molecule has 0 radical (unpaired) electrons. The Morgan fingerprint density at radius 1 is 1.14 bits per heavy atom. The Labute approximate surface area is 128 Å². The van der Waals surface area contributed by atoms with Crippen LogP contribution in [0.3, 0.4) is 0 Å². The van der Waals surface area contributed by atoms with Crippen LogP contribution in [0, 0.1) is 0 Å². The third-order valence-corrected chi connectivity index (χ3v) is 5.01. The van der Waals surface area contributed by atoms with Crippen molar-refractivity contribution in [2.45, 2.75) is 17.9 Å². The Bertz CT molecular complexity index is 757. The fourth-order valence-corrected chi connectivity index (χ4v) is 3.37. The van der Waals surface area contributed by atoms with Gasteiger partial charge in [0.15, 0.2) is 0 Å². The topological polar surface area (TPSA) is 55.4 Å². The molecule has 3 rings (SSSR count). The Balaban J connectivity index is 1.73. The number of halogens is 1. The molecule has 0 amide bonds. The van der Waals surface area contributed by atoms with Crippen molar-refractivity contribution in [3.05, 3.63) is 58.6 Å². The van der Waals surface area contributed by atoms with Gasteiger partial charge in [0.25, 0.3) is 0 Å². The first-order valence-corrected chi connectivity index (χ1v) is 8.40. The molecule has 110 valence electrons. The molecule has 0 atom stereocenters.